The number of aliphatic carboxylic acids is 1. The standard InChI is InChI=1S/C12H22N2O3/c1-3-12(7-5-8-12)13-11(17)14(4-2)9-6-10(15)16/h3-9H2,1-2H3,(H,13,17)(H,15,16). The molecule has 2 amide bonds. The van der Waals surface area contributed by atoms with E-state index in [0.29, 0.717) is 6.54 Å². The van der Waals surface area contributed by atoms with Gasteiger partial charge in [-0.3, -0.25) is 4.79 Å². The molecule has 0 heterocycles. The van der Waals surface area contributed by atoms with Crippen LogP contribution in [0.1, 0.15) is 46.0 Å². The van der Waals surface area contributed by atoms with Gasteiger partial charge in [-0.15, -0.1) is 0 Å². The van der Waals surface area contributed by atoms with Crippen LogP contribution in [0.3, 0.4) is 0 Å². The lowest BCUT2D eigenvalue weighted by Crippen LogP contribution is -2.56. The van der Waals surface area contributed by atoms with Crippen molar-refractivity contribution in [2.45, 2.75) is 51.5 Å². The fraction of sp³-hybridized carbons (Fsp3) is 0.833. The zero-order valence-electron chi connectivity index (χ0n) is 10.7. The summed E-state index contributed by atoms with van der Waals surface area (Å²) < 4.78 is 0. The smallest absolute Gasteiger partial charge is 0.317 e. The summed E-state index contributed by atoms with van der Waals surface area (Å²) in [6.07, 6.45) is 4.17. The first-order valence-electron chi connectivity index (χ1n) is 6.32. The zero-order valence-corrected chi connectivity index (χ0v) is 10.7. The minimum absolute atomic E-state index is 0.000382. The molecule has 1 rings (SSSR count). The Kier molecular flexibility index (Phi) is 4.78. The highest BCUT2D eigenvalue weighted by molar-refractivity contribution is 5.76. The Morgan fingerprint density at radius 1 is 1.35 bits per heavy atom. The molecule has 0 radical (unpaired) electrons. The lowest BCUT2D eigenvalue weighted by molar-refractivity contribution is -0.137. The molecule has 0 saturated heterocycles. The molecule has 5 nitrogen and oxygen atoms in total. The van der Waals surface area contributed by atoms with Crippen LogP contribution in [0, 0.1) is 0 Å². The number of nitrogens with one attached hydrogen (secondary N) is 1. The molecule has 98 valence electrons. The first-order chi connectivity index (χ1) is 8.03. The SMILES string of the molecule is CCN(CCC(=O)O)C(=O)NC1(CC)CCC1. The monoisotopic (exact) mass is 242 g/mol. The molecule has 1 aliphatic carbocycles. The third-order valence-corrected chi connectivity index (χ3v) is 3.62. The fourth-order valence-corrected chi connectivity index (χ4v) is 2.11. The van der Waals surface area contributed by atoms with Gasteiger partial charge in [0.15, 0.2) is 0 Å². The molecule has 0 bridgehead atoms. The molecular formula is C12H22N2O3. The molecule has 0 atom stereocenters. The highest BCUT2D eigenvalue weighted by atomic mass is 16.4. The Balaban J connectivity index is 2.45. The number of nitrogens with zero attached hydrogens (tertiary/aromatic N) is 1. The van der Waals surface area contributed by atoms with Gasteiger partial charge in [0.25, 0.3) is 0 Å². The van der Waals surface area contributed by atoms with E-state index < -0.39 is 5.97 Å². The molecule has 1 saturated carbocycles. The van der Waals surface area contributed by atoms with Crippen molar-refractivity contribution in [1.29, 1.82) is 0 Å². The largest absolute Gasteiger partial charge is 0.481 e. The summed E-state index contributed by atoms with van der Waals surface area (Å²) in [4.78, 5) is 24.0. The summed E-state index contributed by atoms with van der Waals surface area (Å²) in [5.74, 6) is -0.870. The van der Waals surface area contributed by atoms with E-state index in [-0.39, 0.29) is 24.5 Å². The second kappa shape index (κ2) is 5.89. The van der Waals surface area contributed by atoms with Crippen LogP contribution in [0.25, 0.3) is 0 Å². The molecular weight excluding hydrogens is 220 g/mol. The molecule has 1 fully saturated rings. The Hall–Kier alpha value is -1.26. The lowest BCUT2D eigenvalue weighted by atomic mass is 9.75. The van der Waals surface area contributed by atoms with Gasteiger partial charge in [-0.05, 0) is 32.6 Å². The van der Waals surface area contributed by atoms with Gasteiger partial charge in [-0.1, -0.05) is 6.92 Å². The predicted molar refractivity (Wildman–Crippen MR) is 64.9 cm³/mol. The summed E-state index contributed by atoms with van der Waals surface area (Å²) in [5, 5.41) is 11.7. The number of amides is 2. The van der Waals surface area contributed by atoms with Crippen LogP contribution in [-0.4, -0.2) is 40.6 Å². The van der Waals surface area contributed by atoms with E-state index >= 15 is 0 Å². The molecule has 0 aromatic heterocycles. The minimum Gasteiger partial charge on any atom is -0.481 e. The van der Waals surface area contributed by atoms with Crippen LogP contribution in [-0.2, 0) is 4.79 Å². The van der Waals surface area contributed by atoms with E-state index in [1.165, 1.54) is 0 Å². The van der Waals surface area contributed by atoms with Crippen LogP contribution in [0.4, 0.5) is 4.79 Å². The van der Waals surface area contributed by atoms with E-state index in [1.807, 2.05) is 6.92 Å². The Bertz CT molecular complexity index is 282. The van der Waals surface area contributed by atoms with Gasteiger partial charge >= 0.3 is 12.0 Å². The summed E-state index contributed by atoms with van der Waals surface area (Å²) in [6.45, 7) is 4.75. The first-order valence-corrected chi connectivity index (χ1v) is 6.32. The number of hydrogen-bond donors (Lipinski definition) is 2. The van der Waals surface area contributed by atoms with Gasteiger partial charge in [0.2, 0.25) is 0 Å². The van der Waals surface area contributed by atoms with Crippen molar-refractivity contribution < 1.29 is 14.7 Å². The van der Waals surface area contributed by atoms with Gasteiger partial charge in [0.1, 0.15) is 0 Å². The molecule has 2 N–H and O–H groups in total. The van der Waals surface area contributed by atoms with Crippen LogP contribution in [0.2, 0.25) is 0 Å². The average Bonchev–Trinajstić information content (AvgIpc) is 2.24. The van der Waals surface area contributed by atoms with Gasteiger partial charge in [0.05, 0.1) is 6.42 Å². The van der Waals surface area contributed by atoms with E-state index in [1.54, 1.807) is 4.90 Å². The quantitative estimate of drug-likeness (QED) is 0.746. The molecule has 0 aromatic carbocycles. The molecule has 0 aromatic rings. The maximum absolute atomic E-state index is 12.0. The van der Waals surface area contributed by atoms with Crippen LogP contribution in [0.5, 0.6) is 0 Å². The molecule has 0 spiro atoms. The van der Waals surface area contributed by atoms with Gasteiger partial charge in [-0.2, -0.15) is 0 Å². The first kappa shape index (κ1) is 13.8. The normalized spacial score (nSPS) is 17.1. The van der Waals surface area contributed by atoms with Crippen molar-refractivity contribution in [2.24, 2.45) is 0 Å². The second-order valence-electron chi connectivity index (χ2n) is 4.64. The van der Waals surface area contributed by atoms with Crippen molar-refractivity contribution in [3.8, 4) is 0 Å². The van der Waals surface area contributed by atoms with E-state index in [0.717, 1.165) is 25.7 Å². The molecule has 0 unspecified atom stereocenters. The van der Waals surface area contributed by atoms with Gasteiger partial charge < -0.3 is 15.3 Å². The van der Waals surface area contributed by atoms with Crippen molar-refractivity contribution in [3.63, 3.8) is 0 Å². The van der Waals surface area contributed by atoms with E-state index in [9.17, 15) is 9.59 Å². The Morgan fingerprint density at radius 2 is 2.00 bits per heavy atom. The van der Waals surface area contributed by atoms with Crippen molar-refractivity contribution >= 4 is 12.0 Å². The summed E-state index contributed by atoms with van der Waals surface area (Å²) >= 11 is 0. The van der Waals surface area contributed by atoms with Gasteiger partial charge in [-0.25, -0.2) is 4.79 Å². The number of carbonyl (C=O) groups is 2. The molecule has 17 heavy (non-hydrogen) atoms. The second-order valence-corrected chi connectivity index (χ2v) is 4.64. The van der Waals surface area contributed by atoms with Crippen molar-refractivity contribution in [3.05, 3.63) is 0 Å². The third kappa shape index (κ3) is 3.61. The summed E-state index contributed by atoms with van der Waals surface area (Å²) in [5.41, 5.74) is -0.0340. The topological polar surface area (TPSA) is 69.6 Å². The fourth-order valence-electron chi connectivity index (χ4n) is 2.11. The maximum Gasteiger partial charge on any atom is 0.317 e. The number of carbonyl (C=O) groups excluding carboxylic acids is 1. The molecule has 5 heteroatoms. The maximum atomic E-state index is 12.0. The van der Waals surface area contributed by atoms with Crippen LogP contribution < -0.4 is 5.32 Å². The third-order valence-electron chi connectivity index (χ3n) is 3.62. The Morgan fingerprint density at radius 3 is 2.35 bits per heavy atom. The van der Waals surface area contributed by atoms with Crippen molar-refractivity contribution in [2.75, 3.05) is 13.1 Å². The highest BCUT2D eigenvalue weighted by Crippen LogP contribution is 2.34. The Labute approximate surface area is 102 Å². The lowest BCUT2D eigenvalue weighted by Gasteiger charge is -2.43. The zero-order chi connectivity index (χ0) is 12.9. The average molecular weight is 242 g/mol. The predicted octanol–water partition coefficient (Wildman–Crippen LogP) is 1.83. The number of urea groups is 1. The van der Waals surface area contributed by atoms with Crippen molar-refractivity contribution in [1.82, 2.24) is 10.2 Å². The number of carboxylic acid groups (broad SMARTS) is 1. The van der Waals surface area contributed by atoms with E-state index in [4.69, 9.17) is 5.11 Å². The minimum atomic E-state index is -0.870. The van der Waals surface area contributed by atoms with E-state index in [2.05, 4.69) is 12.2 Å². The van der Waals surface area contributed by atoms with Gasteiger partial charge in [0, 0.05) is 18.6 Å². The number of hydrogen-bond acceptors (Lipinski definition) is 2. The number of carboxylic acids is 1. The number of rotatable bonds is 6. The summed E-state index contributed by atoms with van der Waals surface area (Å²) in [7, 11) is 0. The molecule has 1 aliphatic rings. The highest BCUT2D eigenvalue weighted by Gasteiger charge is 2.37. The summed E-state index contributed by atoms with van der Waals surface area (Å²) in [6, 6.07) is -0.129. The molecule has 0 aliphatic heterocycles. The van der Waals surface area contributed by atoms with Crippen LogP contribution in [0.15, 0.2) is 0 Å². The van der Waals surface area contributed by atoms with Crippen LogP contribution >= 0.6 is 0 Å².